The van der Waals surface area contributed by atoms with Crippen LogP contribution in [0.5, 0.6) is 0 Å². The zero-order chi connectivity index (χ0) is 13.1. The topological polar surface area (TPSA) is 43.8 Å². The van der Waals surface area contributed by atoms with Crippen LogP contribution in [0.25, 0.3) is 16.8 Å². The number of nitrogens with zero attached hydrogens (tertiary/aromatic N) is 2. The Morgan fingerprint density at radius 1 is 1.00 bits per heavy atom. The Kier molecular flexibility index (Phi) is 3.12. The van der Waals surface area contributed by atoms with Crippen molar-refractivity contribution in [3.63, 3.8) is 0 Å². The summed E-state index contributed by atoms with van der Waals surface area (Å²) in [5.74, 6) is 0. The summed E-state index contributed by atoms with van der Waals surface area (Å²) in [5.41, 5.74) is 10.3. The van der Waals surface area contributed by atoms with Crippen molar-refractivity contribution in [2.24, 2.45) is 5.73 Å². The van der Waals surface area contributed by atoms with Crippen molar-refractivity contribution in [2.45, 2.75) is 6.54 Å². The van der Waals surface area contributed by atoms with Crippen LogP contribution in [-0.2, 0) is 6.54 Å². The Hall–Kier alpha value is -2.39. The van der Waals surface area contributed by atoms with Crippen molar-refractivity contribution in [1.29, 1.82) is 0 Å². The van der Waals surface area contributed by atoms with Crippen LogP contribution >= 0.6 is 0 Å². The molecule has 0 atom stereocenters. The molecule has 0 aliphatic rings. The summed E-state index contributed by atoms with van der Waals surface area (Å²) >= 11 is 0. The van der Waals surface area contributed by atoms with Gasteiger partial charge in [0.2, 0.25) is 0 Å². The van der Waals surface area contributed by atoms with Crippen molar-refractivity contribution in [3.05, 3.63) is 72.8 Å². The molecule has 1 aromatic heterocycles. The molecule has 0 spiro atoms. The number of aromatic nitrogens is 2. The first-order valence-electron chi connectivity index (χ1n) is 6.25. The maximum absolute atomic E-state index is 5.63. The van der Waals surface area contributed by atoms with Crippen molar-refractivity contribution < 1.29 is 0 Å². The molecular formula is C16H15N3. The highest BCUT2D eigenvalue weighted by molar-refractivity contribution is 5.73. The van der Waals surface area contributed by atoms with E-state index in [0.717, 1.165) is 11.3 Å². The van der Waals surface area contributed by atoms with E-state index >= 15 is 0 Å². The second kappa shape index (κ2) is 5.08. The standard InChI is InChI=1S/C16H15N3/c17-11-13-5-7-14(8-6-13)15-3-1-2-4-16(15)19-10-9-18-12-19/h1-10,12H,11,17H2. The molecule has 0 radical (unpaired) electrons. The number of para-hydroxylation sites is 1. The van der Waals surface area contributed by atoms with E-state index in [1.165, 1.54) is 11.1 Å². The third-order valence-electron chi connectivity index (χ3n) is 3.19. The maximum Gasteiger partial charge on any atom is 0.0991 e. The highest BCUT2D eigenvalue weighted by Crippen LogP contribution is 2.26. The van der Waals surface area contributed by atoms with Gasteiger partial charge in [-0.2, -0.15) is 0 Å². The summed E-state index contributed by atoms with van der Waals surface area (Å²) in [6, 6.07) is 16.6. The van der Waals surface area contributed by atoms with Crippen LogP contribution in [0.3, 0.4) is 0 Å². The third-order valence-corrected chi connectivity index (χ3v) is 3.19. The minimum Gasteiger partial charge on any atom is -0.326 e. The molecule has 2 N–H and O–H groups in total. The molecule has 1 heterocycles. The van der Waals surface area contributed by atoms with Crippen LogP contribution in [0.4, 0.5) is 0 Å². The minimum atomic E-state index is 0.573. The molecule has 94 valence electrons. The lowest BCUT2D eigenvalue weighted by molar-refractivity contribution is 1.06. The molecule has 3 rings (SSSR count). The molecule has 3 heteroatoms. The van der Waals surface area contributed by atoms with Gasteiger partial charge in [-0.1, -0.05) is 42.5 Å². The summed E-state index contributed by atoms with van der Waals surface area (Å²) in [6.45, 7) is 0.573. The molecule has 0 aliphatic carbocycles. The lowest BCUT2D eigenvalue weighted by atomic mass is 10.0. The number of hydrogen-bond acceptors (Lipinski definition) is 2. The second-order valence-corrected chi connectivity index (χ2v) is 4.39. The lowest BCUT2D eigenvalue weighted by Gasteiger charge is -2.10. The smallest absolute Gasteiger partial charge is 0.0991 e. The predicted octanol–water partition coefficient (Wildman–Crippen LogP) is 3.00. The minimum absolute atomic E-state index is 0.573. The van der Waals surface area contributed by atoms with E-state index < -0.39 is 0 Å². The average Bonchev–Trinajstić information content (AvgIpc) is 3.01. The fraction of sp³-hybridized carbons (Fsp3) is 0.0625. The molecule has 0 unspecified atom stereocenters. The molecule has 0 fully saturated rings. The van der Waals surface area contributed by atoms with Crippen LogP contribution in [0.2, 0.25) is 0 Å². The van der Waals surface area contributed by atoms with Gasteiger partial charge in [0.25, 0.3) is 0 Å². The van der Waals surface area contributed by atoms with Crippen LogP contribution < -0.4 is 5.73 Å². The first-order chi connectivity index (χ1) is 9.38. The van der Waals surface area contributed by atoms with Gasteiger partial charge in [-0.25, -0.2) is 4.98 Å². The quantitative estimate of drug-likeness (QED) is 0.775. The Balaban J connectivity index is 2.09. The molecule has 0 bridgehead atoms. The van der Waals surface area contributed by atoms with Crippen LogP contribution in [0.1, 0.15) is 5.56 Å². The monoisotopic (exact) mass is 249 g/mol. The molecule has 0 saturated heterocycles. The average molecular weight is 249 g/mol. The van der Waals surface area contributed by atoms with E-state index in [4.69, 9.17) is 5.73 Å². The summed E-state index contributed by atoms with van der Waals surface area (Å²) in [7, 11) is 0. The van der Waals surface area contributed by atoms with Gasteiger partial charge in [-0.3, -0.25) is 0 Å². The highest BCUT2D eigenvalue weighted by atomic mass is 15.0. The van der Waals surface area contributed by atoms with Gasteiger partial charge in [-0.15, -0.1) is 0 Å². The molecular weight excluding hydrogens is 234 g/mol. The number of nitrogens with two attached hydrogens (primary N) is 1. The number of imidazole rings is 1. The van der Waals surface area contributed by atoms with Gasteiger partial charge in [0.05, 0.1) is 12.0 Å². The van der Waals surface area contributed by atoms with Gasteiger partial charge >= 0.3 is 0 Å². The van der Waals surface area contributed by atoms with Gasteiger partial charge in [0.15, 0.2) is 0 Å². The molecule has 3 aromatic rings. The Morgan fingerprint density at radius 2 is 1.79 bits per heavy atom. The fourth-order valence-corrected chi connectivity index (χ4v) is 2.16. The zero-order valence-corrected chi connectivity index (χ0v) is 10.5. The molecule has 0 amide bonds. The maximum atomic E-state index is 5.63. The molecule has 3 nitrogen and oxygen atoms in total. The second-order valence-electron chi connectivity index (χ2n) is 4.39. The van der Waals surface area contributed by atoms with Crippen molar-refractivity contribution in [1.82, 2.24) is 9.55 Å². The fourth-order valence-electron chi connectivity index (χ4n) is 2.16. The largest absolute Gasteiger partial charge is 0.326 e. The van der Waals surface area contributed by atoms with E-state index in [9.17, 15) is 0 Å². The van der Waals surface area contributed by atoms with E-state index in [1.807, 2.05) is 29.2 Å². The predicted molar refractivity (Wildman–Crippen MR) is 76.9 cm³/mol. The lowest BCUT2D eigenvalue weighted by Crippen LogP contribution is -1.96. The first-order valence-corrected chi connectivity index (χ1v) is 6.25. The van der Waals surface area contributed by atoms with E-state index in [0.29, 0.717) is 6.54 Å². The van der Waals surface area contributed by atoms with Gasteiger partial charge in [-0.05, 0) is 17.2 Å². The highest BCUT2D eigenvalue weighted by Gasteiger charge is 2.05. The molecule has 0 aliphatic heterocycles. The van der Waals surface area contributed by atoms with Gasteiger partial charge < -0.3 is 10.3 Å². The Morgan fingerprint density at radius 3 is 2.47 bits per heavy atom. The van der Waals surface area contributed by atoms with Gasteiger partial charge in [0.1, 0.15) is 0 Å². The van der Waals surface area contributed by atoms with Gasteiger partial charge in [0, 0.05) is 24.5 Å². The molecule has 0 saturated carbocycles. The van der Waals surface area contributed by atoms with Crippen molar-refractivity contribution in [2.75, 3.05) is 0 Å². The SMILES string of the molecule is NCc1ccc(-c2ccccc2-n2ccnc2)cc1. The normalized spacial score (nSPS) is 10.6. The zero-order valence-electron chi connectivity index (χ0n) is 10.5. The van der Waals surface area contributed by atoms with Crippen LogP contribution in [0, 0.1) is 0 Å². The summed E-state index contributed by atoms with van der Waals surface area (Å²) in [4.78, 5) is 4.11. The Bertz CT molecular complexity index is 655. The van der Waals surface area contributed by atoms with Crippen molar-refractivity contribution in [3.8, 4) is 16.8 Å². The van der Waals surface area contributed by atoms with E-state index in [2.05, 4.69) is 41.4 Å². The van der Waals surface area contributed by atoms with Crippen molar-refractivity contribution >= 4 is 0 Å². The van der Waals surface area contributed by atoms with E-state index in [-0.39, 0.29) is 0 Å². The first kappa shape index (κ1) is 11.7. The molecule has 2 aromatic carbocycles. The number of benzene rings is 2. The van der Waals surface area contributed by atoms with Crippen LogP contribution in [-0.4, -0.2) is 9.55 Å². The number of hydrogen-bond donors (Lipinski definition) is 1. The summed E-state index contributed by atoms with van der Waals surface area (Å²) < 4.78 is 2.02. The molecule has 19 heavy (non-hydrogen) atoms. The van der Waals surface area contributed by atoms with Crippen LogP contribution in [0.15, 0.2) is 67.3 Å². The third kappa shape index (κ3) is 2.28. The van der Waals surface area contributed by atoms with E-state index in [1.54, 1.807) is 6.20 Å². The summed E-state index contributed by atoms with van der Waals surface area (Å²) in [6.07, 6.45) is 5.55. The Labute approximate surface area is 112 Å². The number of rotatable bonds is 3. The summed E-state index contributed by atoms with van der Waals surface area (Å²) in [5, 5.41) is 0.